The summed E-state index contributed by atoms with van der Waals surface area (Å²) >= 11 is 0. The largest absolute Gasteiger partial charge is 0.392 e. The molecule has 8 heteroatoms. The molecule has 0 saturated carbocycles. The number of aliphatic hydroxyl groups is 1. The Hall–Kier alpha value is -4.17. The van der Waals surface area contributed by atoms with Gasteiger partial charge in [0.05, 0.1) is 6.61 Å². The summed E-state index contributed by atoms with van der Waals surface area (Å²) in [5, 5.41) is 18.3. The summed E-state index contributed by atoms with van der Waals surface area (Å²) in [6.45, 7) is 2.90. The molecular weight excluding hydrogens is 452 g/mol. The van der Waals surface area contributed by atoms with Gasteiger partial charge in [-0.1, -0.05) is 24.3 Å². The first-order chi connectivity index (χ1) is 17.5. The van der Waals surface area contributed by atoms with Crippen molar-refractivity contribution in [3.8, 4) is 22.4 Å². The number of hydrogen-bond donors (Lipinski definition) is 3. The van der Waals surface area contributed by atoms with Gasteiger partial charge in [-0.2, -0.15) is 5.10 Å². The monoisotopic (exact) mass is 482 g/mol. The van der Waals surface area contributed by atoms with Crippen molar-refractivity contribution < 1.29 is 9.90 Å². The lowest BCUT2D eigenvalue weighted by Crippen LogP contribution is -2.27. The summed E-state index contributed by atoms with van der Waals surface area (Å²) in [5.41, 5.74) is 8.54. The number of aliphatic hydroxyl groups excluding tert-OH is 1. The van der Waals surface area contributed by atoms with Crippen molar-refractivity contribution >= 4 is 28.3 Å². The number of aromatic amines is 1. The number of urea groups is 1. The highest BCUT2D eigenvalue weighted by molar-refractivity contribution is 5.99. The smallest absolute Gasteiger partial charge is 0.321 e. The predicted octanol–water partition coefficient (Wildman–Crippen LogP) is 5.30. The van der Waals surface area contributed by atoms with E-state index in [0.29, 0.717) is 0 Å². The zero-order valence-electron chi connectivity index (χ0n) is 20.7. The maximum Gasteiger partial charge on any atom is 0.321 e. The molecule has 4 aromatic rings. The van der Waals surface area contributed by atoms with Crippen molar-refractivity contribution in [1.29, 1.82) is 0 Å². The van der Waals surface area contributed by atoms with Crippen molar-refractivity contribution in [2.45, 2.75) is 26.3 Å². The second-order valence-electron chi connectivity index (χ2n) is 9.11. The zero-order valence-corrected chi connectivity index (χ0v) is 20.7. The van der Waals surface area contributed by atoms with Gasteiger partial charge < -0.3 is 20.3 Å². The van der Waals surface area contributed by atoms with Crippen molar-refractivity contribution in [3.63, 3.8) is 0 Å². The van der Waals surface area contributed by atoms with E-state index < -0.39 is 0 Å². The molecule has 0 saturated heterocycles. The summed E-state index contributed by atoms with van der Waals surface area (Å²) in [6.07, 6.45) is 9.94. The lowest BCUT2D eigenvalue weighted by atomic mass is 9.97. The molecule has 1 aromatic carbocycles. The molecule has 3 heterocycles. The summed E-state index contributed by atoms with van der Waals surface area (Å²) in [7, 11) is 3.42. The molecule has 0 spiro atoms. The molecule has 0 atom stereocenters. The van der Waals surface area contributed by atoms with Crippen LogP contribution in [0.3, 0.4) is 0 Å². The standard InChI is InChI=1S/C28H30N6O2/c1-4-34-16-24(26(32-34)19-8-10-21(11-9-19)30-28(36)33(2)3)22-12-13-29-27-23(22)15-25(31-27)20-7-5-6-18(14-20)17-35/h7-16,35H,4-6,17H2,1-3H3,(H,29,31)(H,30,36). The molecule has 1 aliphatic carbocycles. The van der Waals surface area contributed by atoms with Gasteiger partial charge in [-0.05, 0) is 60.7 Å². The number of hydrogen-bond acceptors (Lipinski definition) is 4. The fourth-order valence-corrected chi connectivity index (χ4v) is 4.43. The van der Waals surface area contributed by atoms with Gasteiger partial charge in [0.1, 0.15) is 11.3 Å². The van der Waals surface area contributed by atoms with E-state index in [0.717, 1.165) is 75.3 Å². The average molecular weight is 483 g/mol. The minimum atomic E-state index is -0.171. The van der Waals surface area contributed by atoms with E-state index in [2.05, 4.69) is 46.6 Å². The van der Waals surface area contributed by atoms with Crippen molar-refractivity contribution in [3.05, 3.63) is 72.2 Å². The molecule has 5 rings (SSSR count). The van der Waals surface area contributed by atoms with Crippen LogP contribution < -0.4 is 5.32 Å². The van der Waals surface area contributed by atoms with Gasteiger partial charge in [0, 0.05) is 60.9 Å². The molecule has 8 nitrogen and oxygen atoms in total. The Labute approximate surface area is 210 Å². The predicted molar refractivity (Wildman–Crippen MR) is 144 cm³/mol. The molecule has 3 N–H and O–H groups in total. The second kappa shape index (κ2) is 9.83. The molecular formula is C28H30N6O2. The molecule has 0 unspecified atom stereocenters. The van der Waals surface area contributed by atoms with Gasteiger partial charge in [0.25, 0.3) is 0 Å². The SMILES string of the molecule is CCn1cc(-c2ccnc3[nH]c(C4=CCCC(CO)=C4)cc23)c(-c2ccc(NC(=O)N(C)C)cc2)n1. The van der Waals surface area contributed by atoms with Crippen LogP contribution in [0, 0.1) is 0 Å². The number of amides is 2. The number of aryl methyl sites for hydroxylation is 1. The van der Waals surface area contributed by atoms with Crippen LogP contribution in [0.4, 0.5) is 10.5 Å². The number of carbonyl (C=O) groups is 1. The molecule has 2 amide bonds. The van der Waals surface area contributed by atoms with E-state index in [4.69, 9.17) is 5.10 Å². The Kier molecular flexibility index (Phi) is 6.43. The summed E-state index contributed by atoms with van der Waals surface area (Å²) < 4.78 is 1.94. The number of rotatable bonds is 6. The molecule has 1 aliphatic rings. The highest BCUT2D eigenvalue weighted by Crippen LogP contribution is 2.37. The van der Waals surface area contributed by atoms with E-state index >= 15 is 0 Å². The van der Waals surface area contributed by atoms with Crippen LogP contribution in [0.5, 0.6) is 0 Å². The minimum Gasteiger partial charge on any atom is -0.392 e. The molecule has 184 valence electrons. The van der Waals surface area contributed by atoms with Crippen LogP contribution in [0.15, 0.2) is 66.5 Å². The molecule has 0 aliphatic heterocycles. The Morgan fingerprint density at radius 3 is 2.72 bits per heavy atom. The molecule has 3 aromatic heterocycles. The molecule has 0 radical (unpaired) electrons. The second-order valence-corrected chi connectivity index (χ2v) is 9.11. The van der Waals surface area contributed by atoms with Crippen molar-refractivity contribution in [2.24, 2.45) is 0 Å². The first-order valence-electron chi connectivity index (χ1n) is 12.1. The summed E-state index contributed by atoms with van der Waals surface area (Å²) in [5.74, 6) is 0. The van der Waals surface area contributed by atoms with Gasteiger partial charge in [0.2, 0.25) is 0 Å². The highest BCUT2D eigenvalue weighted by atomic mass is 16.3. The topological polar surface area (TPSA) is 99.1 Å². The zero-order chi connectivity index (χ0) is 25.2. The Morgan fingerprint density at radius 1 is 1.19 bits per heavy atom. The number of aromatic nitrogens is 4. The Balaban J connectivity index is 1.55. The fraction of sp³-hybridized carbons (Fsp3) is 0.250. The van der Waals surface area contributed by atoms with E-state index in [1.54, 1.807) is 14.1 Å². The lowest BCUT2D eigenvalue weighted by Gasteiger charge is -2.12. The lowest BCUT2D eigenvalue weighted by molar-refractivity contribution is 0.230. The third-order valence-corrected chi connectivity index (χ3v) is 6.43. The first-order valence-corrected chi connectivity index (χ1v) is 12.1. The third kappa shape index (κ3) is 4.55. The number of carbonyl (C=O) groups excluding carboxylic acids is 1. The Morgan fingerprint density at radius 2 is 2.00 bits per heavy atom. The highest BCUT2D eigenvalue weighted by Gasteiger charge is 2.18. The number of H-pyrrole nitrogens is 1. The number of anilines is 1. The van der Waals surface area contributed by atoms with Crippen molar-refractivity contribution in [1.82, 2.24) is 24.6 Å². The van der Waals surface area contributed by atoms with Crippen LogP contribution in [-0.2, 0) is 6.54 Å². The molecule has 0 fully saturated rings. The summed E-state index contributed by atoms with van der Waals surface area (Å²) in [6, 6.07) is 11.7. The van der Waals surface area contributed by atoms with Gasteiger partial charge in [-0.25, -0.2) is 9.78 Å². The third-order valence-electron chi connectivity index (χ3n) is 6.43. The van der Waals surface area contributed by atoms with Crippen LogP contribution >= 0.6 is 0 Å². The normalized spacial score (nSPS) is 13.4. The van der Waals surface area contributed by atoms with E-state index in [-0.39, 0.29) is 12.6 Å². The number of fused-ring (bicyclic) bond motifs is 1. The number of pyridine rings is 1. The average Bonchev–Trinajstić information content (AvgIpc) is 3.54. The van der Waals surface area contributed by atoms with Crippen LogP contribution in [0.25, 0.3) is 39.0 Å². The van der Waals surface area contributed by atoms with Crippen LogP contribution in [0.1, 0.15) is 25.5 Å². The Bertz CT molecular complexity index is 1470. The van der Waals surface area contributed by atoms with Gasteiger partial charge in [-0.3, -0.25) is 4.68 Å². The number of benzene rings is 1. The fourth-order valence-electron chi connectivity index (χ4n) is 4.43. The maximum atomic E-state index is 12.0. The van der Waals surface area contributed by atoms with Gasteiger partial charge >= 0.3 is 6.03 Å². The molecule has 0 bridgehead atoms. The minimum absolute atomic E-state index is 0.0816. The van der Waals surface area contributed by atoms with Gasteiger partial charge in [0.15, 0.2) is 0 Å². The van der Waals surface area contributed by atoms with Crippen LogP contribution in [-0.4, -0.2) is 56.5 Å². The van der Waals surface area contributed by atoms with Crippen molar-refractivity contribution in [2.75, 3.05) is 26.0 Å². The van der Waals surface area contributed by atoms with Crippen LogP contribution in [0.2, 0.25) is 0 Å². The number of allylic oxidation sites excluding steroid dienone is 3. The van der Waals surface area contributed by atoms with E-state index in [1.165, 1.54) is 4.90 Å². The van der Waals surface area contributed by atoms with E-state index in [9.17, 15) is 9.90 Å². The number of nitrogens with zero attached hydrogens (tertiary/aromatic N) is 4. The van der Waals surface area contributed by atoms with E-state index in [1.807, 2.05) is 41.2 Å². The van der Waals surface area contributed by atoms with Gasteiger partial charge in [-0.15, -0.1) is 0 Å². The number of nitrogens with one attached hydrogen (secondary N) is 2. The first kappa shape index (κ1) is 23.6. The maximum absolute atomic E-state index is 12.0. The molecule has 36 heavy (non-hydrogen) atoms. The summed E-state index contributed by atoms with van der Waals surface area (Å²) in [4.78, 5) is 21.5. The quantitative estimate of drug-likeness (QED) is 0.347.